The van der Waals surface area contributed by atoms with Gasteiger partial charge in [0.2, 0.25) is 0 Å². The lowest BCUT2D eigenvalue weighted by atomic mass is 9.81. The maximum absolute atomic E-state index is 11.9. The van der Waals surface area contributed by atoms with Crippen LogP contribution < -0.4 is 11.1 Å². The Bertz CT molecular complexity index is 399. The molecule has 0 bridgehead atoms. The molecule has 1 amide bonds. The lowest BCUT2D eigenvalue weighted by molar-refractivity contribution is 0.0920. The second-order valence-electron chi connectivity index (χ2n) is 5.49. The summed E-state index contributed by atoms with van der Waals surface area (Å²) < 4.78 is 0. The molecule has 0 saturated carbocycles. The van der Waals surface area contributed by atoms with E-state index in [9.17, 15) is 4.79 Å². The fourth-order valence-electron chi connectivity index (χ4n) is 1.26. The number of hydrogen-bond donors (Lipinski definition) is 2. The number of nitrogens with zero attached hydrogens (tertiary/aromatic N) is 1. The lowest BCUT2D eigenvalue weighted by Gasteiger charge is -2.29. The summed E-state index contributed by atoms with van der Waals surface area (Å²) in [6.07, 6.45) is 0.732. The summed E-state index contributed by atoms with van der Waals surface area (Å²) in [5.74, 6) is 0.421. The fraction of sp³-hybridized carbons (Fsp3) is 0.692. The van der Waals surface area contributed by atoms with Crippen molar-refractivity contribution in [3.63, 3.8) is 0 Å². The van der Waals surface area contributed by atoms with Gasteiger partial charge in [0, 0.05) is 18.3 Å². The number of nitrogens with two attached hydrogens (primary N) is 1. The summed E-state index contributed by atoms with van der Waals surface area (Å²) in [6.45, 7) is 9.85. The average Bonchev–Trinajstić information content (AvgIpc) is 2.75. The molecule has 3 N–H and O–H groups in total. The van der Waals surface area contributed by atoms with Crippen molar-refractivity contribution in [3.8, 4) is 0 Å². The van der Waals surface area contributed by atoms with E-state index in [0.29, 0.717) is 24.7 Å². The standard InChI is InChI=1S/C13H23N3OS/c1-9(2)13(3,4)8-15-12(17)10-7-18-11(16-10)5-6-14/h7,9H,5-6,8,14H2,1-4H3,(H,15,17). The zero-order valence-corrected chi connectivity index (χ0v) is 12.4. The molecule has 0 atom stereocenters. The van der Waals surface area contributed by atoms with Crippen LogP contribution in [0.1, 0.15) is 43.2 Å². The Labute approximate surface area is 113 Å². The molecule has 0 aliphatic carbocycles. The van der Waals surface area contributed by atoms with Gasteiger partial charge in [0.15, 0.2) is 0 Å². The number of thiazole rings is 1. The third-order valence-electron chi connectivity index (χ3n) is 3.41. The zero-order chi connectivity index (χ0) is 13.8. The predicted octanol–water partition coefficient (Wildman–Crippen LogP) is 2.06. The van der Waals surface area contributed by atoms with Crippen LogP contribution in [0.25, 0.3) is 0 Å². The van der Waals surface area contributed by atoms with Crippen molar-refractivity contribution >= 4 is 17.2 Å². The highest BCUT2D eigenvalue weighted by Gasteiger charge is 2.23. The van der Waals surface area contributed by atoms with Crippen LogP contribution in [0.5, 0.6) is 0 Å². The SMILES string of the molecule is CC(C)C(C)(C)CNC(=O)c1csc(CCN)n1. The molecule has 0 aromatic carbocycles. The van der Waals surface area contributed by atoms with Crippen molar-refractivity contribution in [3.05, 3.63) is 16.1 Å². The third kappa shape index (κ3) is 4.07. The molecular formula is C13H23N3OS. The van der Waals surface area contributed by atoms with Gasteiger partial charge in [-0.15, -0.1) is 11.3 Å². The van der Waals surface area contributed by atoms with Crippen LogP contribution in [0.15, 0.2) is 5.38 Å². The summed E-state index contributed by atoms with van der Waals surface area (Å²) in [7, 11) is 0. The minimum Gasteiger partial charge on any atom is -0.350 e. The van der Waals surface area contributed by atoms with Gasteiger partial charge in [-0.2, -0.15) is 0 Å². The molecule has 0 aliphatic rings. The number of aromatic nitrogens is 1. The molecule has 4 nitrogen and oxygen atoms in total. The van der Waals surface area contributed by atoms with Gasteiger partial charge in [0.25, 0.3) is 5.91 Å². The van der Waals surface area contributed by atoms with E-state index in [1.165, 1.54) is 11.3 Å². The first-order valence-electron chi connectivity index (χ1n) is 6.29. The molecule has 1 heterocycles. The minimum absolute atomic E-state index is 0.0891. The predicted molar refractivity (Wildman–Crippen MR) is 75.8 cm³/mol. The quantitative estimate of drug-likeness (QED) is 0.830. The molecule has 1 aromatic rings. The van der Waals surface area contributed by atoms with Crippen LogP contribution in [-0.4, -0.2) is 24.0 Å². The monoisotopic (exact) mass is 269 g/mol. The first-order chi connectivity index (χ1) is 8.36. The van der Waals surface area contributed by atoms with Gasteiger partial charge in [0.05, 0.1) is 5.01 Å². The van der Waals surface area contributed by atoms with E-state index in [1.807, 2.05) is 0 Å². The molecule has 0 fully saturated rings. The molecule has 0 radical (unpaired) electrons. The number of carbonyl (C=O) groups excluding carboxylic acids is 1. The minimum atomic E-state index is -0.0942. The van der Waals surface area contributed by atoms with Crippen LogP contribution in [0.2, 0.25) is 0 Å². The number of hydrogen-bond acceptors (Lipinski definition) is 4. The van der Waals surface area contributed by atoms with Crippen LogP contribution in [0.4, 0.5) is 0 Å². The topological polar surface area (TPSA) is 68.0 Å². The number of rotatable bonds is 6. The third-order valence-corrected chi connectivity index (χ3v) is 4.32. The van der Waals surface area contributed by atoms with Gasteiger partial charge in [0.1, 0.15) is 5.69 Å². The largest absolute Gasteiger partial charge is 0.350 e. The van der Waals surface area contributed by atoms with Crippen molar-refractivity contribution in [2.45, 2.75) is 34.1 Å². The fourth-order valence-corrected chi connectivity index (χ4v) is 2.05. The molecule has 18 heavy (non-hydrogen) atoms. The van der Waals surface area contributed by atoms with Gasteiger partial charge in [-0.25, -0.2) is 4.98 Å². The molecular weight excluding hydrogens is 246 g/mol. The normalized spacial score (nSPS) is 11.9. The molecule has 0 saturated heterocycles. The van der Waals surface area contributed by atoms with Crippen LogP contribution in [0, 0.1) is 11.3 Å². The number of carbonyl (C=O) groups is 1. The Hall–Kier alpha value is -0.940. The molecule has 0 unspecified atom stereocenters. The van der Waals surface area contributed by atoms with Gasteiger partial charge >= 0.3 is 0 Å². The summed E-state index contributed by atoms with van der Waals surface area (Å²) in [5.41, 5.74) is 6.05. The van der Waals surface area contributed by atoms with Gasteiger partial charge < -0.3 is 11.1 Å². The van der Waals surface area contributed by atoms with E-state index in [1.54, 1.807) is 5.38 Å². The van der Waals surface area contributed by atoms with Crippen molar-refractivity contribution in [2.24, 2.45) is 17.1 Å². The average molecular weight is 269 g/mol. The van der Waals surface area contributed by atoms with Crippen LogP contribution in [0.3, 0.4) is 0 Å². The first-order valence-corrected chi connectivity index (χ1v) is 7.17. The maximum Gasteiger partial charge on any atom is 0.270 e. The summed E-state index contributed by atoms with van der Waals surface area (Å²) in [4.78, 5) is 16.2. The van der Waals surface area contributed by atoms with E-state index in [-0.39, 0.29) is 11.3 Å². The van der Waals surface area contributed by atoms with Crippen molar-refractivity contribution in [1.82, 2.24) is 10.3 Å². The van der Waals surface area contributed by atoms with E-state index in [4.69, 9.17) is 5.73 Å². The second-order valence-corrected chi connectivity index (χ2v) is 6.43. The number of nitrogens with one attached hydrogen (secondary N) is 1. The summed E-state index contributed by atoms with van der Waals surface area (Å²) in [5, 5.41) is 5.67. The smallest absolute Gasteiger partial charge is 0.270 e. The van der Waals surface area contributed by atoms with E-state index in [0.717, 1.165) is 11.4 Å². The first kappa shape index (κ1) is 15.1. The van der Waals surface area contributed by atoms with Crippen molar-refractivity contribution in [1.29, 1.82) is 0 Å². The molecule has 0 aliphatic heterocycles. The highest BCUT2D eigenvalue weighted by molar-refractivity contribution is 7.09. The molecule has 102 valence electrons. The van der Waals surface area contributed by atoms with Gasteiger partial charge in [-0.05, 0) is 17.9 Å². The Balaban J connectivity index is 2.55. The second kappa shape index (κ2) is 6.29. The van der Waals surface area contributed by atoms with Crippen LogP contribution >= 0.6 is 11.3 Å². The van der Waals surface area contributed by atoms with E-state index < -0.39 is 0 Å². The van der Waals surface area contributed by atoms with Gasteiger partial charge in [-0.3, -0.25) is 4.79 Å². The molecule has 0 spiro atoms. The molecule has 5 heteroatoms. The molecule has 1 aromatic heterocycles. The van der Waals surface area contributed by atoms with E-state index in [2.05, 4.69) is 38.0 Å². The van der Waals surface area contributed by atoms with Gasteiger partial charge in [-0.1, -0.05) is 27.7 Å². The van der Waals surface area contributed by atoms with Crippen molar-refractivity contribution in [2.75, 3.05) is 13.1 Å². The number of amides is 1. The Morgan fingerprint density at radius 3 is 2.78 bits per heavy atom. The zero-order valence-electron chi connectivity index (χ0n) is 11.6. The Kier molecular flexibility index (Phi) is 5.28. The lowest BCUT2D eigenvalue weighted by Crippen LogP contribution is -2.37. The highest BCUT2D eigenvalue weighted by Crippen LogP contribution is 2.24. The Morgan fingerprint density at radius 1 is 1.56 bits per heavy atom. The Morgan fingerprint density at radius 2 is 2.22 bits per heavy atom. The van der Waals surface area contributed by atoms with Crippen molar-refractivity contribution < 1.29 is 4.79 Å². The maximum atomic E-state index is 11.9. The summed E-state index contributed by atoms with van der Waals surface area (Å²) in [6, 6.07) is 0. The van der Waals surface area contributed by atoms with Crippen LogP contribution in [-0.2, 0) is 6.42 Å². The van der Waals surface area contributed by atoms with E-state index >= 15 is 0 Å². The highest BCUT2D eigenvalue weighted by atomic mass is 32.1. The summed E-state index contributed by atoms with van der Waals surface area (Å²) >= 11 is 1.49. The molecule has 1 rings (SSSR count).